The third kappa shape index (κ3) is 1.93. The van der Waals surface area contributed by atoms with E-state index in [1.165, 1.54) is 6.07 Å². The lowest BCUT2D eigenvalue weighted by molar-refractivity contribution is 0.151. The lowest BCUT2D eigenvalue weighted by atomic mass is 10.0. The minimum Gasteiger partial charge on any atom is -0.310 e. The molecule has 1 atom stereocenters. The lowest BCUT2D eigenvalue weighted by Crippen LogP contribution is -2.12. The molecule has 1 aliphatic heterocycles. The van der Waals surface area contributed by atoms with Gasteiger partial charge in [-0.3, -0.25) is 0 Å². The molecule has 1 fully saturated rings. The van der Waals surface area contributed by atoms with E-state index in [1.807, 2.05) is 6.07 Å². The summed E-state index contributed by atoms with van der Waals surface area (Å²) in [6.07, 6.45) is -0.188. The topological polar surface area (TPSA) is 12.0 Å². The second-order valence-electron chi connectivity index (χ2n) is 3.62. The van der Waals surface area contributed by atoms with E-state index in [1.54, 1.807) is 12.1 Å². The van der Waals surface area contributed by atoms with Gasteiger partial charge in [-0.1, -0.05) is 18.2 Å². The summed E-state index contributed by atoms with van der Waals surface area (Å²) in [4.78, 5) is 0. The molecule has 0 radical (unpaired) electrons. The van der Waals surface area contributed by atoms with Crippen molar-refractivity contribution in [3.8, 4) is 0 Å². The van der Waals surface area contributed by atoms with Crippen LogP contribution >= 0.6 is 0 Å². The summed E-state index contributed by atoms with van der Waals surface area (Å²) in [5.74, 6) is 0. The summed E-state index contributed by atoms with van der Waals surface area (Å²) < 4.78 is 24.8. The molecule has 1 N–H and O–H groups in total. The summed E-state index contributed by atoms with van der Waals surface area (Å²) in [6, 6.07) is 6.97. The van der Waals surface area contributed by atoms with E-state index in [9.17, 15) is 8.78 Å². The van der Waals surface area contributed by atoms with Gasteiger partial charge >= 0.3 is 0 Å². The molecule has 1 aromatic rings. The first-order valence-corrected chi connectivity index (χ1v) is 4.89. The largest absolute Gasteiger partial charge is 0.310 e. The highest BCUT2D eigenvalue weighted by Gasteiger charge is 2.17. The predicted molar refractivity (Wildman–Crippen MR) is 51.4 cm³/mol. The fraction of sp³-hybridized carbons (Fsp3) is 0.455. The zero-order valence-corrected chi connectivity index (χ0v) is 7.84. The molecule has 0 spiro atoms. The number of hydrogen-bond donors (Lipinski definition) is 1. The Hall–Kier alpha value is -0.960. The van der Waals surface area contributed by atoms with Crippen LogP contribution in [0.5, 0.6) is 0 Å². The van der Waals surface area contributed by atoms with Gasteiger partial charge in [-0.15, -0.1) is 0 Å². The Labute approximate surface area is 82.1 Å². The van der Waals surface area contributed by atoms with Crippen LogP contribution in [0, 0.1) is 0 Å². The molecule has 1 aliphatic rings. The predicted octanol–water partition coefficient (Wildman–Crippen LogP) is 3.05. The molecular weight excluding hydrogens is 184 g/mol. The highest BCUT2D eigenvalue weighted by atomic mass is 19.3. The summed E-state index contributed by atoms with van der Waals surface area (Å²) >= 11 is 0. The monoisotopic (exact) mass is 197 g/mol. The van der Waals surface area contributed by atoms with Gasteiger partial charge in [0.05, 0.1) is 0 Å². The van der Waals surface area contributed by atoms with Crippen molar-refractivity contribution in [2.24, 2.45) is 0 Å². The first-order chi connectivity index (χ1) is 6.77. The molecule has 0 amide bonds. The molecule has 2 rings (SSSR count). The van der Waals surface area contributed by atoms with Crippen molar-refractivity contribution in [3.63, 3.8) is 0 Å². The van der Waals surface area contributed by atoms with Crippen molar-refractivity contribution in [3.05, 3.63) is 35.4 Å². The fourth-order valence-corrected chi connectivity index (χ4v) is 1.88. The quantitative estimate of drug-likeness (QED) is 0.768. The summed E-state index contributed by atoms with van der Waals surface area (Å²) in [5, 5.41) is 3.29. The summed E-state index contributed by atoms with van der Waals surface area (Å²) in [7, 11) is 0. The van der Waals surface area contributed by atoms with Crippen LogP contribution in [-0.2, 0) is 0 Å². The Morgan fingerprint density at radius 1 is 1.36 bits per heavy atom. The van der Waals surface area contributed by atoms with Crippen LogP contribution < -0.4 is 5.32 Å². The van der Waals surface area contributed by atoms with Gasteiger partial charge in [0, 0.05) is 11.6 Å². The maximum absolute atomic E-state index is 12.4. The number of hydrogen-bond acceptors (Lipinski definition) is 1. The Morgan fingerprint density at radius 3 is 2.86 bits per heavy atom. The van der Waals surface area contributed by atoms with E-state index in [0.717, 1.165) is 24.9 Å². The van der Waals surface area contributed by atoms with Gasteiger partial charge in [-0.2, -0.15) is 0 Å². The molecule has 0 bridgehead atoms. The minimum atomic E-state index is -2.36. The minimum absolute atomic E-state index is 0.121. The molecule has 1 nitrogen and oxygen atoms in total. The fourth-order valence-electron chi connectivity index (χ4n) is 1.88. The zero-order valence-electron chi connectivity index (χ0n) is 7.84. The Kier molecular flexibility index (Phi) is 2.77. The molecule has 0 unspecified atom stereocenters. The molecule has 1 aromatic carbocycles. The van der Waals surface area contributed by atoms with Crippen molar-refractivity contribution in [1.29, 1.82) is 0 Å². The summed E-state index contributed by atoms with van der Waals surface area (Å²) in [5.41, 5.74) is 1.11. The van der Waals surface area contributed by atoms with Gasteiger partial charge in [-0.05, 0) is 31.0 Å². The molecule has 1 saturated heterocycles. The van der Waals surface area contributed by atoms with Crippen molar-refractivity contribution in [1.82, 2.24) is 5.32 Å². The molecule has 14 heavy (non-hydrogen) atoms. The molecule has 76 valence electrons. The molecule has 3 heteroatoms. The average Bonchev–Trinajstić information content (AvgIpc) is 2.71. The normalized spacial score (nSPS) is 21.8. The van der Waals surface area contributed by atoms with E-state index in [4.69, 9.17) is 0 Å². The number of halogens is 2. The summed E-state index contributed by atoms with van der Waals surface area (Å²) in [6.45, 7) is 0.990. The molecule has 0 saturated carbocycles. The second-order valence-corrected chi connectivity index (χ2v) is 3.62. The smallest absolute Gasteiger partial charge is 0.263 e. The van der Waals surface area contributed by atoms with Crippen LogP contribution in [0.25, 0.3) is 0 Å². The number of rotatable bonds is 2. The van der Waals surface area contributed by atoms with Gasteiger partial charge in [0.2, 0.25) is 0 Å². The number of alkyl halides is 2. The molecular formula is C11H13F2N. The molecule has 0 aliphatic carbocycles. The van der Waals surface area contributed by atoms with Gasteiger partial charge in [0.25, 0.3) is 6.43 Å². The highest BCUT2D eigenvalue weighted by Crippen LogP contribution is 2.26. The first kappa shape index (κ1) is 9.59. The second kappa shape index (κ2) is 4.05. The van der Waals surface area contributed by atoms with E-state index in [2.05, 4.69) is 5.32 Å². The molecule has 1 heterocycles. The SMILES string of the molecule is FC(F)c1cccc([C@H]2CCCN2)c1. The van der Waals surface area contributed by atoms with Crippen LogP contribution in [0.4, 0.5) is 8.78 Å². The van der Waals surface area contributed by atoms with Crippen molar-refractivity contribution >= 4 is 0 Å². The van der Waals surface area contributed by atoms with Gasteiger partial charge in [-0.25, -0.2) is 8.78 Å². The van der Waals surface area contributed by atoms with Crippen LogP contribution in [0.2, 0.25) is 0 Å². The van der Waals surface area contributed by atoms with E-state index >= 15 is 0 Å². The third-order valence-electron chi connectivity index (χ3n) is 2.63. The van der Waals surface area contributed by atoms with E-state index < -0.39 is 6.43 Å². The van der Waals surface area contributed by atoms with Gasteiger partial charge < -0.3 is 5.32 Å². The highest BCUT2D eigenvalue weighted by molar-refractivity contribution is 5.27. The van der Waals surface area contributed by atoms with Crippen LogP contribution in [-0.4, -0.2) is 6.54 Å². The first-order valence-electron chi connectivity index (χ1n) is 4.89. The Balaban J connectivity index is 2.21. The lowest BCUT2D eigenvalue weighted by Gasteiger charge is -2.11. The number of benzene rings is 1. The van der Waals surface area contributed by atoms with E-state index in [-0.39, 0.29) is 11.6 Å². The number of nitrogens with one attached hydrogen (secondary N) is 1. The maximum Gasteiger partial charge on any atom is 0.263 e. The standard InChI is InChI=1S/C11H13F2N/c12-11(13)9-4-1-3-8(7-9)10-5-2-6-14-10/h1,3-4,7,10-11,14H,2,5-6H2/t10-/m1/s1. The van der Waals surface area contributed by atoms with Crippen molar-refractivity contribution in [2.45, 2.75) is 25.3 Å². The maximum atomic E-state index is 12.4. The Bertz CT molecular complexity index is 306. The third-order valence-corrected chi connectivity index (χ3v) is 2.63. The van der Waals surface area contributed by atoms with Gasteiger partial charge in [0.1, 0.15) is 0 Å². The van der Waals surface area contributed by atoms with Crippen molar-refractivity contribution in [2.75, 3.05) is 6.54 Å². The zero-order chi connectivity index (χ0) is 9.97. The van der Waals surface area contributed by atoms with Crippen LogP contribution in [0.1, 0.15) is 36.4 Å². The average molecular weight is 197 g/mol. The van der Waals surface area contributed by atoms with Crippen LogP contribution in [0.3, 0.4) is 0 Å². The van der Waals surface area contributed by atoms with Gasteiger partial charge in [0.15, 0.2) is 0 Å². The molecule has 0 aromatic heterocycles. The van der Waals surface area contributed by atoms with Crippen molar-refractivity contribution < 1.29 is 8.78 Å². The van der Waals surface area contributed by atoms with E-state index in [0.29, 0.717) is 0 Å². The van der Waals surface area contributed by atoms with Crippen LogP contribution in [0.15, 0.2) is 24.3 Å². The Morgan fingerprint density at radius 2 is 2.21 bits per heavy atom.